The maximum atomic E-state index is 2.54. The highest BCUT2D eigenvalue weighted by molar-refractivity contribution is 8.33. The van der Waals surface area contributed by atoms with Gasteiger partial charge in [-0.2, -0.15) is 0 Å². The fourth-order valence-electron chi connectivity index (χ4n) is 2.97. The van der Waals surface area contributed by atoms with E-state index >= 15 is 0 Å². The fraction of sp³-hybridized carbons (Fsp3) is 0.375. The summed E-state index contributed by atoms with van der Waals surface area (Å²) in [5.41, 5.74) is 0. The largest absolute Gasteiger partial charge is 0.217 e. The van der Waals surface area contributed by atoms with Crippen LogP contribution in [0.25, 0.3) is 10.8 Å². The Morgan fingerprint density at radius 2 is 1.53 bits per heavy atom. The maximum Gasteiger partial charge on any atom is -0.00226 e. The molecule has 1 fully saturated rings. The minimum Gasteiger partial charge on any atom is -0.217 e. The molecule has 2 aromatic rings. The molecule has 1 saturated heterocycles. The summed E-state index contributed by atoms with van der Waals surface area (Å²) in [5, 5.41) is 2.90. The quantitative estimate of drug-likeness (QED) is 0.675. The van der Waals surface area contributed by atoms with Crippen molar-refractivity contribution in [2.45, 2.75) is 24.2 Å². The molecule has 0 saturated carbocycles. The van der Waals surface area contributed by atoms with Crippen molar-refractivity contribution in [3.05, 3.63) is 42.5 Å². The maximum absolute atomic E-state index is 2.54. The normalized spacial score (nSPS) is 21.2. The fourth-order valence-corrected chi connectivity index (χ4v) is 6.42. The molecule has 17 heavy (non-hydrogen) atoms. The van der Waals surface area contributed by atoms with Crippen LogP contribution in [0.2, 0.25) is 0 Å². The van der Waals surface area contributed by atoms with Gasteiger partial charge < -0.3 is 0 Å². The van der Waals surface area contributed by atoms with Gasteiger partial charge in [0.05, 0.1) is 0 Å². The van der Waals surface area contributed by atoms with E-state index in [1.807, 2.05) is 0 Å². The summed E-state index contributed by atoms with van der Waals surface area (Å²) in [6.45, 7) is 0. The summed E-state index contributed by atoms with van der Waals surface area (Å²) < 4.78 is 0. The number of rotatable bonds is 1. The first-order valence-electron chi connectivity index (χ1n) is 6.51. The van der Waals surface area contributed by atoms with Gasteiger partial charge in [-0.25, -0.2) is 10.0 Å². The molecule has 0 aromatic heterocycles. The molecule has 3 rings (SSSR count). The van der Waals surface area contributed by atoms with Crippen LogP contribution in [0.15, 0.2) is 47.4 Å². The Kier molecular flexibility index (Phi) is 2.87. The molecule has 2 aromatic carbocycles. The molecule has 1 aliphatic rings. The Bertz CT molecular complexity index is 519. The van der Waals surface area contributed by atoms with Gasteiger partial charge in [-0.1, -0.05) is 42.8 Å². The molecule has 1 heterocycles. The third kappa shape index (κ3) is 1.97. The van der Waals surface area contributed by atoms with Crippen LogP contribution < -0.4 is 0 Å². The molecule has 0 atom stereocenters. The van der Waals surface area contributed by atoms with Crippen molar-refractivity contribution in [1.29, 1.82) is 0 Å². The van der Waals surface area contributed by atoms with Gasteiger partial charge in [-0.15, -0.1) is 0 Å². The smallest absolute Gasteiger partial charge is 0.00226 e. The van der Waals surface area contributed by atoms with Crippen molar-refractivity contribution in [3.8, 4) is 0 Å². The van der Waals surface area contributed by atoms with Gasteiger partial charge in [-0.3, -0.25) is 0 Å². The van der Waals surface area contributed by atoms with E-state index in [2.05, 4.69) is 48.7 Å². The predicted molar refractivity (Wildman–Crippen MR) is 79.3 cm³/mol. The lowest BCUT2D eigenvalue weighted by molar-refractivity contribution is 0.753. The van der Waals surface area contributed by atoms with Crippen molar-refractivity contribution in [2.75, 3.05) is 17.8 Å². The number of fused-ring (bicyclic) bond motifs is 1. The second-order valence-electron chi connectivity index (χ2n) is 5.22. The van der Waals surface area contributed by atoms with Gasteiger partial charge in [0.25, 0.3) is 0 Å². The van der Waals surface area contributed by atoms with E-state index in [-0.39, 0.29) is 0 Å². The van der Waals surface area contributed by atoms with Crippen molar-refractivity contribution in [1.82, 2.24) is 0 Å². The van der Waals surface area contributed by atoms with Crippen molar-refractivity contribution in [3.63, 3.8) is 0 Å². The number of benzene rings is 2. The van der Waals surface area contributed by atoms with Gasteiger partial charge in [-0.05, 0) is 52.3 Å². The first kappa shape index (κ1) is 11.2. The summed E-state index contributed by atoms with van der Waals surface area (Å²) >= 11 is 0. The summed E-state index contributed by atoms with van der Waals surface area (Å²) in [6.07, 6.45) is 6.82. The van der Waals surface area contributed by atoms with Gasteiger partial charge in [0.1, 0.15) is 0 Å². The third-order valence-corrected chi connectivity index (χ3v) is 7.77. The zero-order chi connectivity index (χ0) is 11.7. The van der Waals surface area contributed by atoms with Crippen molar-refractivity contribution < 1.29 is 0 Å². The van der Waals surface area contributed by atoms with Crippen LogP contribution in [0.4, 0.5) is 0 Å². The second kappa shape index (κ2) is 4.38. The molecule has 90 valence electrons. The molecule has 0 amide bonds. The van der Waals surface area contributed by atoms with Crippen LogP contribution in [0.3, 0.4) is 0 Å². The average molecular weight is 244 g/mol. The number of hydrogen-bond acceptors (Lipinski definition) is 0. The molecule has 1 aliphatic heterocycles. The lowest BCUT2D eigenvalue weighted by Gasteiger charge is -2.40. The first-order chi connectivity index (χ1) is 8.30. The van der Waals surface area contributed by atoms with E-state index in [0.29, 0.717) is 0 Å². The van der Waals surface area contributed by atoms with E-state index in [4.69, 9.17) is 0 Å². The van der Waals surface area contributed by atoms with Crippen LogP contribution in [0.1, 0.15) is 19.3 Å². The van der Waals surface area contributed by atoms with E-state index < -0.39 is 10.0 Å². The number of hydrogen-bond donors (Lipinski definition) is 0. The first-order valence-corrected chi connectivity index (χ1v) is 8.89. The zero-order valence-corrected chi connectivity index (χ0v) is 11.3. The Morgan fingerprint density at radius 3 is 2.35 bits per heavy atom. The van der Waals surface area contributed by atoms with E-state index in [1.54, 1.807) is 4.90 Å². The summed E-state index contributed by atoms with van der Waals surface area (Å²) in [4.78, 5) is 1.65. The standard InChI is InChI=1S/C16H20S/c1-17(12-5-2-6-13-17)16-11-7-9-14-8-3-4-10-15(14)16/h3-4,7-11H,2,5-6,12-13H2,1H3. The summed E-state index contributed by atoms with van der Waals surface area (Å²) in [7, 11) is -0.546. The minimum atomic E-state index is -0.546. The Balaban J connectivity index is 2.16. The van der Waals surface area contributed by atoms with Crippen molar-refractivity contribution in [2.24, 2.45) is 0 Å². The van der Waals surface area contributed by atoms with Crippen LogP contribution in [-0.4, -0.2) is 17.8 Å². The highest BCUT2D eigenvalue weighted by atomic mass is 32.3. The van der Waals surface area contributed by atoms with Gasteiger partial charge in [0, 0.05) is 0 Å². The highest BCUT2D eigenvalue weighted by Crippen LogP contribution is 2.57. The molecule has 0 bridgehead atoms. The zero-order valence-electron chi connectivity index (χ0n) is 10.5. The van der Waals surface area contributed by atoms with Gasteiger partial charge in [0.15, 0.2) is 0 Å². The monoisotopic (exact) mass is 244 g/mol. The van der Waals surface area contributed by atoms with E-state index in [0.717, 1.165) is 0 Å². The highest BCUT2D eigenvalue weighted by Gasteiger charge is 2.24. The Morgan fingerprint density at radius 1 is 0.824 bits per heavy atom. The lowest BCUT2D eigenvalue weighted by Crippen LogP contribution is -2.14. The van der Waals surface area contributed by atoms with E-state index in [9.17, 15) is 0 Å². The summed E-state index contributed by atoms with van der Waals surface area (Å²) in [6, 6.07) is 15.7. The molecule has 0 spiro atoms. The second-order valence-corrected chi connectivity index (χ2v) is 9.03. The van der Waals surface area contributed by atoms with E-state index in [1.165, 1.54) is 41.5 Å². The van der Waals surface area contributed by atoms with Gasteiger partial charge >= 0.3 is 0 Å². The molecular weight excluding hydrogens is 224 g/mol. The van der Waals surface area contributed by atoms with Crippen LogP contribution in [-0.2, 0) is 0 Å². The van der Waals surface area contributed by atoms with Crippen LogP contribution in [0, 0.1) is 0 Å². The molecule has 0 aliphatic carbocycles. The molecule has 0 nitrogen and oxygen atoms in total. The lowest BCUT2D eigenvalue weighted by atomic mass is 10.1. The van der Waals surface area contributed by atoms with Crippen LogP contribution in [0.5, 0.6) is 0 Å². The topological polar surface area (TPSA) is 0 Å². The molecule has 1 heteroatoms. The predicted octanol–water partition coefficient (Wildman–Crippen LogP) is 4.82. The molecule has 0 unspecified atom stereocenters. The Labute approximate surface area is 105 Å². The SMILES string of the molecule is CS1(c2cccc3ccccc23)CCCCC1. The molecule has 0 N–H and O–H groups in total. The van der Waals surface area contributed by atoms with Gasteiger partial charge in [0.2, 0.25) is 0 Å². The molecule has 0 radical (unpaired) electrons. The average Bonchev–Trinajstić information content (AvgIpc) is 2.39. The summed E-state index contributed by atoms with van der Waals surface area (Å²) in [5.74, 6) is 2.86. The minimum absolute atomic E-state index is 0.546. The molecular formula is C16H20S. The third-order valence-electron chi connectivity index (χ3n) is 3.97. The van der Waals surface area contributed by atoms with Crippen LogP contribution >= 0.6 is 10.0 Å². The Hall–Kier alpha value is -0.950. The van der Waals surface area contributed by atoms with Crippen molar-refractivity contribution >= 4 is 20.8 Å².